The number of aliphatic hydroxyl groups excluding tert-OH is 1. The van der Waals surface area contributed by atoms with E-state index in [1.807, 2.05) is 34.6 Å². The van der Waals surface area contributed by atoms with Crippen molar-refractivity contribution in [3.05, 3.63) is 100 Å². The number of hydrogen-bond acceptors (Lipinski definition) is 9. The lowest BCUT2D eigenvalue weighted by molar-refractivity contribution is 0.0469. The number of hydrogen-bond donors (Lipinski definition) is 2. The molecule has 0 spiro atoms. The Kier molecular flexibility index (Phi) is 12.4. The van der Waals surface area contributed by atoms with Crippen LogP contribution < -0.4 is 10.5 Å². The lowest BCUT2D eigenvalue weighted by Crippen LogP contribution is -2.42. The van der Waals surface area contributed by atoms with E-state index < -0.39 is 39.6 Å². The highest BCUT2D eigenvalue weighted by Gasteiger charge is 2.34. The number of carbonyl (C=O) groups is 2. The summed E-state index contributed by atoms with van der Waals surface area (Å²) in [7, 11) is -3.87. The summed E-state index contributed by atoms with van der Waals surface area (Å²) in [5.74, 6) is -1.00. The van der Waals surface area contributed by atoms with Crippen LogP contribution in [-0.4, -0.2) is 44.4 Å². The van der Waals surface area contributed by atoms with Gasteiger partial charge in [-0.15, -0.1) is 0 Å². The smallest absolute Gasteiger partial charge is 0.343 e. The summed E-state index contributed by atoms with van der Waals surface area (Å²) >= 11 is 0. The van der Waals surface area contributed by atoms with E-state index in [0.717, 1.165) is 17.4 Å². The molecule has 0 saturated heterocycles. The van der Waals surface area contributed by atoms with Crippen molar-refractivity contribution < 1.29 is 36.8 Å². The molecule has 0 aromatic heterocycles. The van der Waals surface area contributed by atoms with Crippen LogP contribution in [0.25, 0.3) is 0 Å². The van der Waals surface area contributed by atoms with Gasteiger partial charge < -0.3 is 20.3 Å². The lowest BCUT2D eigenvalue weighted by atomic mass is 9.81. The Morgan fingerprint density at radius 2 is 1.36 bits per heavy atom. The van der Waals surface area contributed by atoms with E-state index in [1.54, 1.807) is 67.6 Å². The molecule has 2 atom stereocenters. The second kappa shape index (κ2) is 15.1. The number of esters is 2. The fourth-order valence-electron chi connectivity index (χ4n) is 3.72. The van der Waals surface area contributed by atoms with Gasteiger partial charge in [0.1, 0.15) is 18.5 Å². The second-order valence-electron chi connectivity index (χ2n) is 11.0. The van der Waals surface area contributed by atoms with Crippen LogP contribution in [0, 0.1) is 19.3 Å². The predicted molar refractivity (Wildman–Crippen MR) is 162 cm³/mol. The van der Waals surface area contributed by atoms with Gasteiger partial charge in [0, 0.05) is 18.2 Å². The largest absolute Gasteiger partial charge is 0.457 e. The molecule has 3 N–H and O–H groups in total. The Balaban J connectivity index is 0.00000197. The third-order valence-corrected chi connectivity index (χ3v) is 6.71. The molecule has 0 saturated carbocycles. The molecule has 0 heterocycles. The minimum atomic E-state index is -3.87. The summed E-state index contributed by atoms with van der Waals surface area (Å²) in [6, 6.07) is 17.8. The first-order valence-electron chi connectivity index (χ1n) is 13.5. The van der Waals surface area contributed by atoms with Crippen molar-refractivity contribution in [3.8, 4) is 5.75 Å². The molecule has 3 aromatic carbocycles. The number of ether oxygens (including phenoxy) is 2. The van der Waals surface area contributed by atoms with Crippen LogP contribution in [0.5, 0.6) is 5.75 Å². The molecule has 2 unspecified atom stereocenters. The molecule has 0 aliphatic rings. The molecule has 0 aliphatic carbocycles. The molecule has 0 radical (unpaired) electrons. The number of rotatable bonds is 9. The molecule has 228 valence electrons. The minimum Gasteiger partial charge on any atom is -0.457 e. The zero-order chi connectivity index (χ0) is 31.7. The molecule has 0 amide bonds. The minimum absolute atomic E-state index is 0.156. The van der Waals surface area contributed by atoms with Crippen LogP contribution in [0.2, 0.25) is 0 Å². The highest BCUT2D eigenvalue weighted by Crippen LogP contribution is 2.35. The van der Waals surface area contributed by atoms with E-state index in [-0.39, 0.29) is 19.0 Å². The maximum Gasteiger partial charge on any atom is 0.343 e. The quantitative estimate of drug-likeness (QED) is 0.191. The average molecular weight is 600 g/mol. The number of aliphatic hydroxyl groups is 1. The Bertz CT molecular complexity index is 1440. The van der Waals surface area contributed by atoms with Gasteiger partial charge in [-0.25, -0.2) is 9.59 Å². The van der Waals surface area contributed by atoms with Crippen molar-refractivity contribution in [2.24, 2.45) is 11.1 Å². The Hall–Kier alpha value is -3.57. The first kappa shape index (κ1) is 34.6. The summed E-state index contributed by atoms with van der Waals surface area (Å²) in [5, 5.41) is 7.57. The first-order valence-corrected chi connectivity index (χ1v) is 15.3. The number of benzene rings is 3. The van der Waals surface area contributed by atoms with Crippen molar-refractivity contribution in [2.75, 3.05) is 12.9 Å². The van der Waals surface area contributed by atoms with E-state index in [1.165, 1.54) is 6.07 Å². The van der Waals surface area contributed by atoms with Gasteiger partial charge in [-0.1, -0.05) is 62.2 Å². The monoisotopic (exact) mass is 599 g/mol. The van der Waals surface area contributed by atoms with Crippen LogP contribution in [0.3, 0.4) is 0 Å². The Morgan fingerprint density at radius 1 is 0.881 bits per heavy atom. The molecular formula is C32H41NO8S. The van der Waals surface area contributed by atoms with Crippen LogP contribution in [0.1, 0.15) is 76.8 Å². The molecular weight excluding hydrogens is 558 g/mol. The SMILES string of the molecule is CCO.Cc1ccc(C(=O)OCc2cc(C(OS(C)(=O)=O)C(N)C(C)(C)C)ccc2OC(=O)c2ccc(C)cc2)cc1. The van der Waals surface area contributed by atoms with E-state index >= 15 is 0 Å². The highest BCUT2D eigenvalue weighted by atomic mass is 32.2. The van der Waals surface area contributed by atoms with Gasteiger partial charge in [0.15, 0.2) is 0 Å². The Morgan fingerprint density at radius 3 is 1.81 bits per heavy atom. The fourth-order valence-corrected chi connectivity index (χ4v) is 4.33. The van der Waals surface area contributed by atoms with E-state index in [2.05, 4.69) is 0 Å². The normalized spacial score (nSPS) is 12.9. The molecule has 0 aliphatic heterocycles. The molecule has 0 bridgehead atoms. The first-order chi connectivity index (χ1) is 19.6. The molecule has 3 aromatic rings. The highest BCUT2D eigenvalue weighted by molar-refractivity contribution is 7.86. The maximum absolute atomic E-state index is 12.9. The summed E-state index contributed by atoms with van der Waals surface area (Å²) in [4.78, 5) is 25.6. The van der Waals surface area contributed by atoms with Crippen molar-refractivity contribution in [1.82, 2.24) is 0 Å². The van der Waals surface area contributed by atoms with E-state index in [0.29, 0.717) is 22.3 Å². The van der Waals surface area contributed by atoms with Crippen molar-refractivity contribution in [2.45, 2.75) is 60.3 Å². The van der Waals surface area contributed by atoms with E-state index in [9.17, 15) is 18.0 Å². The molecule has 42 heavy (non-hydrogen) atoms. The summed E-state index contributed by atoms with van der Waals surface area (Å²) < 4.78 is 40.8. The van der Waals surface area contributed by atoms with Gasteiger partial charge in [0.25, 0.3) is 10.1 Å². The zero-order valence-electron chi connectivity index (χ0n) is 25.2. The van der Waals surface area contributed by atoms with Crippen molar-refractivity contribution in [3.63, 3.8) is 0 Å². The van der Waals surface area contributed by atoms with Gasteiger partial charge in [-0.3, -0.25) is 4.18 Å². The fraction of sp³-hybridized carbons (Fsp3) is 0.375. The van der Waals surface area contributed by atoms with Crippen LogP contribution in [0.15, 0.2) is 66.7 Å². The summed E-state index contributed by atoms with van der Waals surface area (Å²) in [5.41, 5.74) is 9.41. The zero-order valence-corrected chi connectivity index (χ0v) is 26.0. The maximum atomic E-state index is 12.9. The summed E-state index contributed by atoms with van der Waals surface area (Å²) in [6.07, 6.45) is -0.0782. The van der Waals surface area contributed by atoms with Crippen molar-refractivity contribution in [1.29, 1.82) is 0 Å². The average Bonchev–Trinajstić information content (AvgIpc) is 2.91. The second-order valence-corrected chi connectivity index (χ2v) is 12.6. The van der Waals surface area contributed by atoms with Gasteiger partial charge in [0.2, 0.25) is 0 Å². The standard InChI is InChI=1S/C30H35NO7S.C2H6O/c1-19-7-11-21(12-8-19)28(32)36-18-24-17-23(26(38-39(6,34)35)27(31)30(3,4)5)15-16-25(24)37-29(33)22-13-9-20(2)10-14-22;1-2-3/h7-17,26-27H,18,31H2,1-6H3;3H,2H2,1H3. The number of aryl methyl sites for hydroxylation is 2. The number of carbonyl (C=O) groups excluding carboxylic acids is 2. The van der Waals surface area contributed by atoms with Crippen molar-refractivity contribution >= 4 is 22.1 Å². The molecule has 10 heteroatoms. The van der Waals surface area contributed by atoms with Crippen LogP contribution >= 0.6 is 0 Å². The predicted octanol–water partition coefficient (Wildman–Crippen LogP) is 5.27. The molecule has 0 fully saturated rings. The van der Waals surface area contributed by atoms with Gasteiger partial charge in [-0.2, -0.15) is 8.42 Å². The topological polar surface area (TPSA) is 142 Å². The number of nitrogens with two attached hydrogens (primary N) is 1. The van der Waals surface area contributed by atoms with Crippen LogP contribution in [-0.2, 0) is 25.6 Å². The third-order valence-electron chi connectivity index (χ3n) is 6.15. The van der Waals surface area contributed by atoms with E-state index in [4.69, 9.17) is 24.5 Å². The van der Waals surface area contributed by atoms with Crippen LogP contribution in [0.4, 0.5) is 0 Å². The molecule has 9 nitrogen and oxygen atoms in total. The summed E-state index contributed by atoms with van der Waals surface area (Å²) in [6.45, 7) is 11.1. The van der Waals surface area contributed by atoms with Gasteiger partial charge >= 0.3 is 11.9 Å². The van der Waals surface area contributed by atoms with Gasteiger partial charge in [0.05, 0.1) is 17.4 Å². The Labute approximate surface area is 248 Å². The lowest BCUT2D eigenvalue weighted by Gasteiger charge is -2.33. The molecule has 3 rings (SSSR count). The van der Waals surface area contributed by atoms with Gasteiger partial charge in [-0.05, 0) is 68.1 Å². The third kappa shape index (κ3) is 10.7.